The summed E-state index contributed by atoms with van der Waals surface area (Å²) in [6, 6.07) is 10.9. The minimum atomic E-state index is 0.531. The fourth-order valence-corrected chi connectivity index (χ4v) is 2.21. The van der Waals surface area contributed by atoms with Gasteiger partial charge in [-0.15, -0.1) is 0 Å². The van der Waals surface area contributed by atoms with Crippen LogP contribution >= 0.6 is 11.6 Å². The lowest BCUT2D eigenvalue weighted by Crippen LogP contribution is -2.06. The zero-order valence-electron chi connectivity index (χ0n) is 12.8. The Hall–Kier alpha value is -2.07. The number of nitrogen functional groups attached to an aromatic ring is 1. The average Bonchev–Trinajstić information content (AvgIpc) is 2.50. The Morgan fingerprint density at radius 2 is 1.68 bits per heavy atom. The Balaban J connectivity index is 1.75. The molecule has 0 amide bonds. The van der Waals surface area contributed by atoms with Crippen LogP contribution in [0.25, 0.3) is 0 Å². The summed E-state index contributed by atoms with van der Waals surface area (Å²) in [5, 5.41) is 0.711. The highest BCUT2D eigenvalue weighted by Gasteiger charge is 2.03. The maximum absolute atomic E-state index is 5.91. The van der Waals surface area contributed by atoms with Gasteiger partial charge in [-0.2, -0.15) is 0 Å². The van der Waals surface area contributed by atoms with Crippen LogP contribution in [-0.4, -0.2) is 20.3 Å². The van der Waals surface area contributed by atoms with Gasteiger partial charge in [0.25, 0.3) is 0 Å². The number of hydrogen-bond acceptors (Lipinski definition) is 4. The van der Waals surface area contributed by atoms with Crippen molar-refractivity contribution >= 4 is 17.3 Å². The van der Waals surface area contributed by atoms with Crippen molar-refractivity contribution < 1.29 is 14.2 Å². The van der Waals surface area contributed by atoms with E-state index in [1.807, 2.05) is 31.2 Å². The molecule has 2 rings (SSSR count). The predicted octanol–water partition coefficient (Wildman–Crippen LogP) is 4.09. The molecule has 5 heteroatoms. The standard InChI is InChI=1S/C17H20ClNO3/c1-12-10-13(18)4-6-16(12)21-8-3-9-22-17-7-5-14(20-2)11-15(17)19/h4-7,10-11H,3,8-9,19H2,1-2H3. The molecule has 0 unspecified atom stereocenters. The third-order valence-electron chi connectivity index (χ3n) is 3.16. The van der Waals surface area contributed by atoms with Crippen LogP contribution in [-0.2, 0) is 0 Å². The predicted molar refractivity (Wildman–Crippen MR) is 89.2 cm³/mol. The van der Waals surface area contributed by atoms with E-state index in [4.69, 9.17) is 31.5 Å². The van der Waals surface area contributed by atoms with Gasteiger partial charge in [-0.25, -0.2) is 0 Å². The summed E-state index contributed by atoms with van der Waals surface area (Å²) in [6.07, 6.45) is 0.757. The van der Waals surface area contributed by atoms with Crippen LogP contribution in [0.15, 0.2) is 36.4 Å². The number of methoxy groups -OCH3 is 1. The van der Waals surface area contributed by atoms with E-state index in [1.165, 1.54) is 0 Å². The summed E-state index contributed by atoms with van der Waals surface area (Å²) in [5.74, 6) is 2.21. The van der Waals surface area contributed by atoms with E-state index in [1.54, 1.807) is 19.2 Å². The molecule has 0 aliphatic heterocycles. The minimum absolute atomic E-state index is 0.531. The molecule has 0 fully saturated rings. The van der Waals surface area contributed by atoms with Crippen LogP contribution in [0.5, 0.6) is 17.2 Å². The van der Waals surface area contributed by atoms with E-state index in [0.29, 0.717) is 35.4 Å². The van der Waals surface area contributed by atoms with Gasteiger partial charge in [-0.05, 0) is 42.8 Å². The Labute approximate surface area is 135 Å². The number of hydrogen-bond donors (Lipinski definition) is 1. The van der Waals surface area contributed by atoms with Gasteiger partial charge >= 0.3 is 0 Å². The molecule has 4 nitrogen and oxygen atoms in total. The number of nitrogens with two attached hydrogens (primary N) is 1. The highest BCUT2D eigenvalue weighted by Crippen LogP contribution is 2.26. The van der Waals surface area contributed by atoms with Crippen LogP contribution in [0.2, 0.25) is 5.02 Å². The van der Waals surface area contributed by atoms with Crippen molar-refractivity contribution in [2.24, 2.45) is 0 Å². The number of anilines is 1. The fraction of sp³-hybridized carbons (Fsp3) is 0.294. The van der Waals surface area contributed by atoms with Crippen LogP contribution in [0.4, 0.5) is 5.69 Å². The van der Waals surface area contributed by atoms with Crippen LogP contribution < -0.4 is 19.9 Å². The molecule has 22 heavy (non-hydrogen) atoms. The Kier molecular flexibility index (Phi) is 5.78. The first-order valence-corrected chi connectivity index (χ1v) is 7.43. The second kappa shape index (κ2) is 7.80. The van der Waals surface area contributed by atoms with E-state index in [0.717, 1.165) is 17.7 Å². The average molecular weight is 322 g/mol. The molecule has 0 aliphatic carbocycles. The molecule has 118 valence electrons. The molecule has 0 bridgehead atoms. The Morgan fingerprint density at radius 3 is 2.32 bits per heavy atom. The van der Waals surface area contributed by atoms with Gasteiger partial charge in [0.05, 0.1) is 26.0 Å². The molecule has 2 N–H and O–H groups in total. The monoisotopic (exact) mass is 321 g/mol. The fourth-order valence-electron chi connectivity index (χ4n) is 1.98. The van der Waals surface area contributed by atoms with E-state index in [9.17, 15) is 0 Å². The first kappa shape index (κ1) is 16.3. The molecule has 0 saturated carbocycles. The lowest BCUT2D eigenvalue weighted by Gasteiger charge is -2.11. The van der Waals surface area contributed by atoms with Crippen molar-refractivity contribution in [2.75, 3.05) is 26.1 Å². The Morgan fingerprint density at radius 1 is 1.00 bits per heavy atom. The lowest BCUT2D eigenvalue weighted by molar-refractivity contribution is 0.247. The van der Waals surface area contributed by atoms with Crippen molar-refractivity contribution in [2.45, 2.75) is 13.3 Å². The normalized spacial score (nSPS) is 10.3. The zero-order chi connectivity index (χ0) is 15.9. The third-order valence-corrected chi connectivity index (χ3v) is 3.39. The van der Waals surface area contributed by atoms with Gasteiger partial charge in [0.2, 0.25) is 0 Å². The maximum atomic E-state index is 5.91. The molecule has 0 heterocycles. The van der Waals surface area contributed by atoms with E-state index in [-0.39, 0.29) is 0 Å². The smallest absolute Gasteiger partial charge is 0.142 e. The molecule has 0 spiro atoms. The van der Waals surface area contributed by atoms with Gasteiger partial charge in [0.1, 0.15) is 17.2 Å². The van der Waals surface area contributed by atoms with Gasteiger partial charge in [-0.3, -0.25) is 0 Å². The van der Waals surface area contributed by atoms with Crippen LogP contribution in [0, 0.1) is 6.92 Å². The summed E-state index contributed by atoms with van der Waals surface area (Å²) in [6.45, 7) is 3.07. The second-order valence-electron chi connectivity index (χ2n) is 4.86. The molecular formula is C17H20ClNO3. The number of benzene rings is 2. The second-order valence-corrected chi connectivity index (χ2v) is 5.30. The van der Waals surface area contributed by atoms with Crippen LogP contribution in [0.3, 0.4) is 0 Å². The van der Waals surface area contributed by atoms with Crippen molar-refractivity contribution in [1.82, 2.24) is 0 Å². The van der Waals surface area contributed by atoms with Crippen molar-refractivity contribution in [3.8, 4) is 17.2 Å². The van der Waals surface area contributed by atoms with E-state index in [2.05, 4.69) is 0 Å². The minimum Gasteiger partial charge on any atom is -0.497 e. The van der Waals surface area contributed by atoms with Crippen LogP contribution in [0.1, 0.15) is 12.0 Å². The number of aryl methyl sites for hydroxylation is 1. The Bertz CT molecular complexity index is 631. The lowest BCUT2D eigenvalue weighted by atomic mass is 10.2. The van der Waals surface area contributed by atoms with E-state index < -0.39 is 0 Å². The summed E-state index contributed by atoms with van der Waals surface area (Å²) in [4.78, 5) is 0. The molecular weight excluding hydrogens is 302 g/mol. The topological polar surface area (TPSA) is 53.7 Å². The zero-order valence-corrected chi connectivity index (χ0v) is 13.5. The molecule has 0 radical (unpaired) electrons. The summed E-state index contributed by atoms with van der Waals surface area (Å²) in [7, 11) is 1.60. The summed E-state index contributed by atoms with van der Waals surface area (Å²) in [5.41, 5.74) is 7.47. The molecule has 2 aromatic rings. The van der Waals surface area contributed by atoms with Gasteiger partial charge in [-0.1, -0.05) is 11.6 Å². The summed E-state index contributed by atoms with van der Waals surface area (Å²) >= 11 is 5.91. The molecule has 0 atom stereocenters. The number of halogens is 1. The highest BCUT2D eigenvalue weighted by atomic mass is 35.5. The van der Waals surface area contributed by atoms with Crippen molar-refractivity contribution in [1.29, 1.82) is 0 Å². The van der Waals surface area contributed by atoms with Crippen molar-refractivity contribution in [3.05, 3.63) is 47.0 Å². The largest absolute Gasteiger partial charge is 0.497 e. The molecule has 0 saturated heterocycles. The van der Waals surface area contributed by atoms with E-state index >= 15 is 0 Å². The first-order valence-electron chi connectivity index (χ1n) is 7.05. The third kappa shape index (κ3) is 4.46. The van der Waals surface area contributed by atoms with Gasteiger partial charge in [0.15, 0.2) is 0 Å². The highest BCUT2D eigenvalue weighted by molar-refractivity contribution is 6.30. The molecule has 2 aromatic carbocycles. The molecule has 0 aliphatic rings. The first-order chi connectivity index (χ1) is 10.6. The maximum Gasteiger partial charge on any atom is 0.142 e. The summed E-state index contributed by atoms with van der Waals surface area (Å²) < 4.78 is 16.4. The SMILES string of the molecule is COc1ccc(OCCCOc2ccc(Cl)cc2C)c(N)c1. The van der Waals surface area contributed by atoms with Gasteiger partial charge in [0, 0.05) is 17.5 Å². The van der Waals surface area contributed by atoms with Crippen molar-refractivity contribution in [3.63, 3.8) is 0 Å². The number of ether oxygens (including phenoxy) is 3. The quantitative estimate of drug-likeness (QED) is 0.616. The molecule has 0 aromatic heterocycles. The van der Waals surface area contributed by atoms with Gasteiger partial charge < -0.3 is 19.9 Å². The number of rotatable bonds is 7.